The van der Waals surface area contributed by atoms with E-state index in [-0.39, 0.29) is 5.91 Å². The zero-order chi connectivity index (χ0) is 17.9. The summed E-state index contributed by atoms with van der Waals surface area (Å²) < 4.78 is 7.63. The Kier molecular flexibility index (Phi) is 4.35. The number of hydrogen-bond acceptors (Lipinski definition) is 5. The zero-order valence-electron chi connectivity index (χ0n) is 14.4. The summed E-state index contributed by atoms with van der Waals surface area (Å²) >= 11 is 0. The number of aromatic nitrogens is 4. The second kappa shape index (κ2) is 6.95. The third-order valence-corrected chi connectivity index (χ3v) is 4.10. The largest absolute Gasteiger partial charge is 0.439 e. The van der Waals surface area contributed by atoms with Gasteiger partial charge < -0.3 is 10.1 Å². The van der Waals surface area contributed by atoms with Crippen molar-refractivity contribution in [3.05, 3.63) is 54.9 Å². The van der Waals surface area contributed by atoms with Crippen LogP contribution in [0.1, 0.15) is 25.1 Å². The summed E-state index contributed by atoms with van der Waals surface area (Å²) in [5, 5.41) is 2.91. The molecule has 0 atom stereocenters. The highest BCUT2D eigenvalue weighted by molar-refractivity contribution is 5.91. The summed E-state index contributed by atoms with van der Waals surface area (Å²) in [4.78, 5) is 24.6. The predicted molar refractivity (Wildman–Crippen MR) is 96.4 cm³/mol. The van der Waals surface area contributed by atoms with Crippen LogP contribution in [0.2, 0.25) is 0 Å². The quantitative estimate of drug-likeness (QED) is 0.736. The lowest BCUT2D eigenvalue weighted by atomic mass is 10.2. The van der Waals surface area contributed by atoms with Crippen LogP contribution in [0.4, 0.5) is 5.69 Å². The lowest BCUT2D eigenvalue weighted by molar-refractivity contribution is -0.116. The van der Waals surface area contributed by atoms with Gasteiger partial charge in [0.05, 0.1) is 0 Å². The van der Waals surface area contributed by atoms with Crippen LogP contribution in [0.25, 0.3) is 5.82 Å². The molecule has 0 spiro atoms. The third kappa shape index (κ3) is 4.05. The van der Waals surface area contributed by atoms with E-state index in [1.165, 1.54) is 12.8 Å². The van der Waals surface area contributed by atoms with Crippen molar-refractivity contribution in [2.45, 2.75) is 26.2 Å². The SMILES string of the molecule is Cc1nc(Oc2ccc(NC(=O)CC3CC3)cc2)cc(-n2ccnc2)n1. The Bertz CT molecular complexity index is 902. The van der Waals surface area contributed by atoms with Crippen molar-refractivity contribution in [3.63, 3.8) is 0 Å². The summed E-state index contributed by atoms with van der Waals surface area (Å²) in [5.74, 6) is 3.02. The first kappa shape index (κ1) is 16.3. The topological polar surface area (TPSA) is 81.9 Å². The van der Waals surface area contributed by atoms with E-state index >= 15 is 0 Å². The van der Waals surface area contributed by atoms with Crippen molar-refractivity contribution >= 4 is 11.6 Å². The molecular weight excluding hydrogens is 330 g/mol. The molecule has 7 heteroatoms. The molecule has 0 radical (unpaired) electrons. The van der Waals surface area contributed by atoms with Crippen LogP contribution < -0.4 is 10.1 Å². The van der Waals surface area contributed by atoms with Gasteiger partial charge >= 0.3 is 0 Å². The lowest BCUT2D eigenvalue weighted by Gasteiger charge is -2.09. The first-order chi connectivity index (χ1) is 12.7. The minimum absolute atomic E-state index is 0.0672. The molecule has 132 valence electrons. The predicted octanol–water partition coefficient (Wildman–Crippen LogP) is 3.50. The number of nitrogens with one attached hydrogen (secondary N) is 1. The number of rotatable bonds is 6. The van der Waals surface area contributed by atoms with Gasteiger partial charge in [0.25, 0.3) is 0 Å². The first-order valence-corrected chi connectivity index (χ1v) is 8.57. The van der Waals surface area contributed by atoms with Gasteiger partial charge in [0.15, 0.2) is 0 Å². The van der Waals surface area contributed by atoms with E-state index in [1.54, 1.807) is 35.3 Å². The van der Waals surface area contributed by atoms with Crippen molar-refractivity contribution in [2.24, 2.45) is 5.92 Å². The van der Waals surface area contributed by atoms with Crippen LogP contribution >= 0.6 is 0 Å². The molecule has 1 amide bonds. The Morgan fingerprint density at radius 2 is 2.08 bits per heavy atom. The molecule has 1 aliphatic rings. The van der Waals surface area contributed by atoms with Gasteiger partial charge in [-0.1, -0.05) is 0 Å². The van der Waals surface area contributed by atoms with Gasteiger partial charge in [-0.3, -0.25) is 9.36 Å². The second-order valence-corrected chi connectivity index (χ2v) is 6.40. The summed E-state index contributed by atoms with van der Waals surface area (Å²) in [6.07, 6.45) is 8.11. The molecule has 1 aliphatic carbocycles. The molecule has 0 aliphatic heterocycles. The Morgan fingerprint density at radius 1 is 1.27 bits per heavy atom. The lowest BCUT2D eigenvalue weighted by Crippen LogP contribution is -2.11. The average molecular weight is 349 g/mol. The van der Waals surface area contributed by atoms with E-state index in [2.05, 4.69) is 20.3 Å². The number of carbonyl (C=O) groups is 1. The summed E-state index contributed by atoms with van der Waals surface area (Å²) in [6.45, 7) is 1.81. The fraction of sp³-hybridized carbons (Fsp3) is 0.263. The molecule has 1 aromatic carbocycles. The van der Waals surface area contributed by atoms with E-state index in [4.69, 9.17) is 4.74 Å². The van der Waals surface area contributed by atoms with E-state index in [0.29, 0.717) is 35.6 Å². The molecule has 0 bridgehead atoms. The molecule has 26 heavy (non-hydrogen) atoms. The Hall–Kier alpha value is -3.22. The number of hydrogen-bond donors (Lipinski definition) is 1. The smallest absolute Gasteiger partial charge is 0.224 e. The van der Waals surface area contributed by atoms with Crippen molar-refractivity contribution in [3.8, 4) is 17.4 Å². The maximum atomic E-state index is 11.9. The van der Waals surface area contributed by atoms with Crippen molar-refractivity contribution in [1.82, 2.24) is 19.5 Å². The van der Waals surface area contributed by atoms with Crippen molar-refractivity contribution < 1.29 is 9.53 Å². The second-order valence-electron chi connectivity index (χ2n) is 6.40. The highest BCUT2D eigenvalue weighted by Crippen LogP contribution is 2.32. The summed E-state index contributed by atoms with van der Waals surface area (Å²) in [5.41, 5.74) is 0.765. The molecule has 1 fully saturated rings. The van der Waals surface area contributed by atoms with Crippen LogP contribution in [0.5, 0.6) is 11.6 Å². The van der Waals surface area contributed by atoms with E-state index < -0.39 is 0 Å². The van der Waals surface area contributed by atoms with Crippen molar-refractivity contribution in [1.29, 1.82) is 0 Å². The fourth-order valence-electron chi connectivity index (χ4n) is 2.63. The molecule has 1 N–H and O–H groups in total. The molecule has 3 aromatic rings. The molecule has 0 unspecified atom stereocenters. The van der Waals surface area contributed by atoms with Gasteiger partial charge in [-0.05, 0) is 49.9 Å². The third-order valence-electron chi connectivity index (χ3n) is 4.10. The van der Waals surface area contributed by atoms with Crippen LogP contribution in [0.3, 0.4) is 0 Å². The number of carbonyl (C=O) groups excluding carboxylic acids is 1. The maximum absolute atomic E-state index is 11.9. The molecule has 4 rings (SSSR count). The minimum Gasteiger partial charge on any atom is -0.439 e. The summed E-state index contributed by atoms with van der Waals surface area (Å²) in [6, 6.07) is 9.01. The summed E-state index contributed by atoms with van der Waals surface area (Å²) in [7, 11) is 0. The normalized spacial score (nSPS) is 13.4. The first-order valence-electron chi connectivity index (χ1n) is 8.57. The van der Waals surface area contributed by atoms with Gasteiger partial charge in [-0.15, -0.1) is 0 Å². The van der Waals surface area contributed by atoms with Gasteiger partial charge in [0.2, 0.25) is 11.8 Å². The molecule has 2 aromatic heterocycles. The minimum atomic E-state index is 0.0672. The maximum Gasteiger partial charge on any atom is 0.224 e. The van der Waals surface area contributed by atoms with E-state index in [0.717, 1.165) is 5.69 Å². The highest BCUT2D eigenvalue weighted by Gasteiger charge is 2.24. The van der Waals surface area contributed by atoms with Gasteiger partial charge in [-0.2, -0.15) is 4.98 Å². The van der Waals surface area contributed by atoms with Gasteiger partial charge in [0.1, 0.15) is 23.7 Å². The molecular formula is C19H19N5O2. The molecule has 0 saturated heterocycles. The van der Waals surface area contributed by atoms with Crippen LogP contribution in [0.15, 0.2) is 49.1 Å². The van der Waals surface area contributed by atoms with Crippen LogP contribution in [-0.2, 0) is 4.79 Å². The van der Waals surface area contributed by atoms with E-state index in [1.807, 2.05) is 25.3 Å². The number of imidazole rings is 1. The number of ether oxygens (including phenoxy) is 1. The number of nitrogens with zero attached hydrogens (tertiary/aromatic N) is 4. The molecule has 2 heterocycles. The average Bonchev–Trinajstić information content (AvgIpc) is 3.24. The van der Waals surface area contributed by atoms with E-state index in [9.17, 15) is 4.79 Å². The zero-order valence-corrected chi connectivity index (χ0v) is 14.4. The Labute approximate surface area is 151 Å². The monoisotopic (exact) mass is 349 g/mol. The number of aryl methyl sites for hydroxylation is 1. The van der Waals surface area contributed by atoms with Crippen LogP contribution in [-0.4, -0.2) is 25.4 Å². The van der Waals surface area contributed by atoms with Crippen LogP contribution in [0, 0.1) is 12.8 Å². The number of benzene rings is 1. The number of anilines is 1. The Morgan fingerprint density at radius 3 is 2.77 bits per heavy atom. The molecule has 1 saturated carbocycles. The molecule has 7 nitrogen and oxygen atoms in total. The highest BCUT2D eigenvalue weighted by atomic mass is 16.5. The van der Waals surface area contributed by atoms with Crippen molar-refractivity contribution in [2.75, 3.05) is 5.32 Å². The van der Waals surface area contributed by atoms with Gasteiger partial charge in [0, 0.05) is 30.6 Å². The Balaban J connectivity index is 1.44. The van der Waals surface area contributed by atoms with Gasteiger partial charge in [-0.25, -0.2) is 9.97 Å². The fourth-order valence-corrected chi connectivity index (χ4v) is 2.63. The number of amides is 1. The standard InChI is InChI=1S/C19H19N5O2/c1-13-21-17(24-9-8-20-12-24)11-19(22-13)26-16-6-4-15(5-7-16)23-18(25)10-14-2-3-14/h4-9,11-12,14H,2-3,10H2,1H3,(H,23,25).